The summed E-state index contributed by atoms with van der Waals surface area (Å²) in [6.45, 7) is 5.69. The minimum absolute atomic E-state index is 0.104. The predicted molar refractivity (Wildman–Crippen MR) is 54.0 cm³/mol. The van der Waals surface area contributed by atoms with Crippen LogP contribution >= 0.6 is 24.6 Å². The molecule has 0 aromatic carbocycles. The normalized spacial score (nSPS) is 11.3. The summed E-state index contributed by atoms with van der Waals surface area (Å²) in [4.78, 5) is 14.9. The van der Waals surface area contributed by atoms with Gasteiger partial charge in [0.05, 0.1) is 5.75 Å². The molecule has 0 aliphatic heterocycles. The van der Waals surface area contributed by atoms with Crippen molar-refractivity contribution in [2.45, 2.75) is 6.92 Å². The smallest absolute Gasteiger partial charge is 0.198 e. The minimum Gasteiger partial charge on any atom is -0.291 e. The minimum atomic E-state index is -0.104. The summed E-state index contributed by atoms with van der Waals surface area (Å²) in [7, 11) is 0. The van der Waals surface area contributed by atoms with E-state index in [4.69, 9.17) is 0 Å². The van der Waals surface area contributed by atoms with Gasteiger partial charge in [0.15, 0.2) is 10.8 Å². The summed E-state index contributed by atoms with van der Waals surface area (Å²) in [6, 6.07) is 0. The molecule has 11 heavy (non-hydrogen) atoms. The molecule has 62 valence electrons. The number of hydrogen-bond donors (Lipinski definition) is 1. The highest BCUT2D eigenvalue weighted by molar-refractivity contribution is 8.14. The van der Waals surface area contributed by atoms with Gasteiger partial charge in [-0.15, -0.1) is 0 Å². The van der Waals surface area contributed by atoms with E-state index in [1.165, 1.54) is 0 Å². The molecule has 0 bridgehead atoms. The molecule has 0 heterocycles. The van der Waals surface area contributed by atoms with Gasteiger partial charge in [-0.05, 0) is 13.6 Å². The molecular weight excluding hydrogens is 180 g/mol. The third kappa shape index (κ3) is 4.21. The molecule has 0 spiro atoms. The first-order valence-electron chi connectivity index (χ1n) is 3.07. The lowest BCUT2D eigenvalue weighted by atomic mass is 10.5. The van der Waals surface area contributed by atoms with Crippen LogP contribution in [0, 0.1) is 0 Å². The number of carbonyl (C=O) groups excluding carboxylic acids is 1. The molecule has 0 aromatic rings. The molecule has 0 aromatic heterocycles. The zero-order valence-corrected chi connectivity index (χ0v) is 7.99. The number of rotatable bonds is 4. The van der Waals surface area contributed by atoms with Gasteiger partial charge in [-0.25, -0.2) is 4.40 Å². The predicted octanol–water partition coefficient (Wildman–Crippen LogP) is 1.25. The van der Waals surface area contributed by atoms with E-state index in [0.717, 1.165) is 11.9 Å². The Morgan fingerprint density at radius 3 is 2.73 bits per heavy atom. The Balaban J connectivity index is 4.20. The lowest BCUT2D eigenvalue weighted by Crippen LogP contribution is -2.11. The van der Waals surface area contributed by atoms with Gasteiger partial charge < -0.3 is 0 Å². The average molecular weight is 190 g/mol. The van der Waals surface area contributed by atoms with Gasteiger partial charge in [0.1, 0.15) is 0 Å². The molecule has 0 N–H and O–H groups in total. The highest BCUT2D eigenvalue weighted by Crippen LogP contribution is 2.06. The van der Waals surface area contributed by atoms with Gasteiger partial charge in [0.2, 0.25) is 0 Å². The molecule has 3 nitrogen and oxygen atoms in total. The van der Waals surface area contributed by atoms with Crippen molar-refractivity contribution in [2.24, 2.45) is 9.39 Å². The molecule has 0 saturated carbocycles. The maximum atomic E-state index is 11.0. The number of nitrogens with zero attached hydrogens (tertiary/aromatic N) is 2. The Morgan fingerprint density at radius 1 is 1.73 bits per heavy atom. The van der Waals surface area contributed by atoms with Gasteiger partial charge in [0.25, 0.3) is 0 Å². The van der Waals surface area contributed by atoms with E-state index in [9.17, 15) is 4.79 Å². The quantitative estimate of drug-likeness (QED) is 0.314. The van der Waals surface area contributed by atoms with Gasteiger partial charge >= 0.3 is 0 Å². The molecule has 0 aliphatic carbocycles. The molecule has 0 unspecified atom stereocenters. The fourth-order valence-corrected chi connectivity index (χ4v) is 1.18. The summed E-state index contributed by atoms with van der Waals surface area (Å²) >= 11 is 4.83. The van der Waals surface area contributed by atoms with E-state index in [1.54, 1.807) is 0 Å². The third-order valence-electron chi connectivity index (χ3n) is 0.835. The van der Waals surface area contributed by atoms with Crippen molar-refractivity contribution in [2.75, 3.05) is 12.3 Å². The Kier molecular flexibility index (Phi) is 6.25. The Hall–Kier alpha value is -0.290. The topological polar surface area (TPSA) is 41.8 Å². The molecule has 0 radical (unpaired) electrons. The Bertz CT molecular complexity index is 179. The van der Waals surface area contributed by atoms with E-state index in [2.05, 4.69) is 28.7 Å². The monoisotopic (exact) mass is 190 g/mol. The highest BCUT2D eigenvalue weighted by Gasteiger charge is 2.08. The van der Waals surface area contributed by atoms with Crippen molar-refractivity contribution < 1.29 is 4.79 Å². The lowest BCUT2D eigenvalue weighted by molar-refractivity contribution is -0.110. The first kappa shape index (κ1) is 10.7. The maximum Gasteiger partial charge on any atom is 0.198 e. The van der Waals surface area contributed by atoms with Crippen LogP contribution in [0.3, 0.4) is 0 Å². The van der Waals surface area contributed by atoms with Gasteiger partial charge in [-0.2, -0.15) is 12.6 Å². The number of ketones is 1. The summed E-state index contributed by atoms with van der Waals surface area (Å²) in [5.74, 6) is 0.0639. The van der Waals surface area contributed by atoms with Gasteiger partial charge in [-0.1, -0.05) is 0 Å². The van der Waals surface area contributed by atoms with Crippen LogP contribution in [0.4, 0.5) is 0 Å². The largest absolute Gasteiger partial charge is 0.291 e. The van der Waals surface area contributed by atoms with Crippen LogP contribution in [0.15, 0.2) is 9.39 Å². The van der Waals surface area contributed by atoms with Crippen molar-refractivity contribution in [3.05, 3.63) is 0 Å². The summed E-state index contributed by atoms with van der Waals surface area (Å²) in [5.41, 5.74) is 0. The van der Waals surface area contributed by atoms with E-state index in [-0.39, 0.29) is 11.5 Å². The van der Waals surface area contributed by atoms with Crippen molar-refractivity contribution in [3.8, 4) is 0 Å². The van der Waals surface area contributed by atoms with Crippen LogP contribution in [-0.2, 0) is 4.79 Å². The van der Waals surface area contributed by atoms with Crippen molar-refractivity contribution in [1.82, 2.24) is 0 Å². The summed E-state index contributed by atoms with van der Waals surface area (Å²) in [5, 5.41) is 0.387. The van der Waals surface area contributed by atoms with Crippen LogP contribution in [0.5, 0.6) is 0 Å². The fourth-order valence-electron chi connectivity index (χ4n) is 0.440. The average Bonchev–Trinajstić information content (AvgIpc) is 2.03. The van der Waals surface area contributed by atoms with Crippen LogP contribution < -0.4 is 0 Å². The second-order valence-electron chi connectivity index (χ2n) is 1.58. The summed E-state index contributed by atoms with van der Waals surface area (Å²) < 4.78 is 3.50. The standard InChI is InChI=1S/C6H10N2OS2/c1-3-8-6(11-7-2)5(9)4-10/h10H,2-4H2,1H3. The van der Waals surface area contributed by atoms with Crippen molar-refractivity contribution >= 4 is 42.1 Å². The third-order valence-corrected chi connectivity index (χ3v) is 1.78. The number of Topliss-reactive ketones (excluding diaryl/α,β-unsaturated/α-hetero) is 1. The molecule has 5 heteroatoms. The number of carbonyl (C=O) groups is 1. The molecule has 0 rings (SSSR count). The lowest BCUT2D eigenvalue weighted by Gasteiger charge is -1.96. The van der Waals surface area contributed by atoms with E-state index in [0.29, 0.717) is 11.6 Å². The second-order valence-corrected chi connectivity index (χ2v) is 2.72. The van der Waals surface area contributed by atoms with Crippen LogP contribution in [0.25, 0.3) is 0 Å². The van der Waals surface area contributed by atoms with Crippen molar-refractivity contribution in [1.29, 1.82) is 0 Å². The number of thiol groups is 1. The molecule has 0 atom stereocenters. The van der Waals surface area contributed by atoms with Gasteiger partial charge in [0, 0.05) is 18.5 Å². The number of hydrogen-bond acceptors (Lipinski definition) is 5. The highest BCUT2D eigenvalue weighted by atomic mass is 32.2. The zero-order chi connectivity index (χ0) is 8.69. The molecule has 0 amide bonds. The Labute approximate surface area is 75.9 Å². The van der Waals surface area contributed by atoms with Crippen LogP contribution in [0.1, 0.15) is 6.92 Å². The van der Waals surface area contributed by atoms with Crippen LogP contribution in [0.2, 0.25) is 0 Å². The van der Waals surface area contributed by atoms with Gasteiger partial charge in [-0.3, -0.25) is 9.79 Å². The first-order valence-corrected chi connectivity index (χ1v) is 4.48. The van der Waals surface area contributed by atoms with E-state index in [1.807, 2.05) is 6.92 Å². The SMILES string of the molecule is C=NSC(=NCC)C(=O)CS. The van der Waals surface area contributed by atoms with Crippen LogP contribution in [-0.4, -0.2) is 29.8 Å². The Morgan fingerprint density at radius 2 is 2.36 bits per heavy atom. The fraction of sp³-hybridized carbons (Fsp3) is 0.500. The summed E-state index contributed by atoms with van der Waals surface area (Å²) in [6.07, 6.45) is 0. The molecule has 0 aliphatic rings. The van der Waals surface area contributed by atoms with Crippen molar-refractivity contribution in [3.63, 3.8) is 0 Å². The first-order chi connectivity index (χ1) is 5.26. The number of aliphatic imine (C=N–C) groups is 1. The maximum absolute atomic E-state index is 11.0. The zero-order valence-electron chi connectivity index (χ0n) is 6.28. The molecular formula is C6H10N2OS2. The van der Waals surface area contributed by atoms with E-state index < -0.39 is 0 Å². The molecule has 0 fully saturated rings. The van der Waals surface area contributed by atoms with E-state index >= 15 is 0 Å². The molecule has 0 saturated heterocycles. The second kappa shape index (κ2) is 6.42.